The van der Waals surface area contributed by atoms with Crippen molar-refractivity contribution in [2.75, 3.05) is 7.05 Å². The van der Waals surface area contributed by atoms with Crippen molar-refractivity contribution in [2.45, 2.75) is 25.8 Å². The maximum Gasteiger partial charge on any atom is 0.126 e. The fourth-order valence-corrected chi connectivity index (χ4v) is 3.75. The van der Waals surface area contributed by atoms with Crippen molar-refractivity contribution in [1.29, 1.82) is 0 Å². The molecule has 0 spiro atoms. The molecule has 0 aliphatic heterocycles. The van der Waals surface area contributed by atoms with E-state index in [0.717, 1.165) is 30.0 Å². The summed E-state index contributed by atoms with van der Waals surface area (Å²) in [6.07, 6.45) is 1.87. The first-order chi connectivity index (χ1) is 11.8. The van der Waals surface area contributed by atoms with E-state index in [-0.39, 0.29) is 28.3 Å². The summed E-state index contributed by atoms with van der Waals surface area (Å²) in [4.78, 5) is 0.219. The molecule has 3 rings (SSSR count). The second kappa shape index (κ2) is 7.14. The zero-order chi connectivity index (χ0) is 18.1. The first kappa shape index (κ1) is 17.9. The highest BCUT2D eigenvalue weighted by Crippen LogP contribution is 2.37. The summed E-state index contributed by atoms with van der Waals surface area (Å²) in [7, 11) is 1.81. The van der Waals surface area contributed by atoms with Crippen molar-refractivity contribution in [3.63, 3.8) is 0 Å². The Morgan fingerprint density at radius 2 is 1.76 bits per heavy atom. The van der Waals surface area contributed by atoms with Crippen LogP contribution in [0, 0.1) is 23.4 Å². The van der Waals surface area contributed by atoms with Gasteiger partial charge in [-0.1, -0.05) is 25.2 Å². The molecule has 2 aromatic rings. The van der Waals surface area contributed by atoms with Crippen LogP contribution in [-0.4, -0.2) is 17.0 Å². The number of rotatable bonds is 3. The molecule has 6 heteroatoms. The number of fused-ring (bicyclic) bond motifs is 1. The lowest BCUT2D eigenvalue weighted by atomic mass is 9.80. The van der Waals surface area contributed by atoms with Gasteiger partial charge in [0.2, 0.25) is 0 Å². The molecule has 0 heterocycles. The SMILES string of the molecule is C[C@H]1CCc2ccc(F)cc2C1N(C)NC(=S)c1cc(F)cc(F)c1. The second-order valence-corrected chi connectivity index (χ2v) is 6.92. The van der Waals surface area contributed by atoms with Gasteiger partial charge in [-0.3, -0.25) is 0 Å². The fourth-order valence-electron chi connectivity index (χ4n) is 3.49. The number of thiocarbonyl (C=S) groups is 1. The Morgan fingerprint density at radius 3 is 2.44 bits per heavy atom. The molecule has 132 valence electrons. The topological polar surface area (TPSA) is 15.3 Å². The van der Waals surface area contributed by atoms with Gasteiger partial charge in [0.15, 0.2) is 0 Å². The highest BCUT2D eigenvalue weighted by atomic mass is 32.1. The third kappa shape index (κ3) is 3.85. The maximum atomic E-state index is 13.7. The van der Waals surface area contributed by atoms with Gasteiger partial charge in [0.1, 0.15) is 22.4 Å². The van der Waals surface area contributed by atoms with Crippen LogP contribution in [0.4, 0.5) is 13.2 Å². The zero-order valence-corrected chi connectivity index (χ0v) is 14.8. The van der Waals surface area contributed by atoms with E-state index in [0.29, 0.717) is 0 Å². The molecular weight excluding hydrogens is 345 g/mol. The number of nitrogens with one attached hydrogen (secondary N) is 1. The van der Waals surface area contributed by atoms with E-state index in [1.165, 1.54) is 18.2 Å². The predicted octanol–water partition coefficient (Wildman–Crippen LogP) is 4.54. The summed E-state index contributed by atoms with van der Waals surface area (Å²) < 4.78 is 40.5. The Bertz CT molecular complexity index is 789. The molecule has 0 amide bonds. The van der Waals surface area contributed by atoms with Gasteiger partial charge in [-0.05, 0) is 54.2 Å². The minimum Gasteiger partial charge on any atom is -0.309 e. The van der Waals surface area contributed by atoms with E-state index in [1.807, 2.05) is 13.1 Å². The standard InChI is InChI=1S/C19H19F3N2S/c1-11-3-4-12-5-6-14(20)10-17(12)18(11)24(2)23-19(25)13-7-15(21)9-16(22)8-13/h5-11,18H,3-4H2,1-2H3,(H,23,25)/t11-,18?/m0/s1. The number of benzene rings is 2. The van der Waals surface area contributed by atoms with Crippen LogP contribution in [0.15, 0.2) is 36.4 Å². The minimum atomic E-state index is -0.680. The van der Waals surface area contributed by atoms with Crippen LogP contribution < -0.4 is 5.43 Å². The average molecular weight is 364 g/mol. The molecular formula is C19H19F3N2S. The van der Waals surface area contributed by atoms with Crippen LogP contribution in [0.25, 0.3) is 0 Å². The highest BCUT2D eigenvalue weighted by molar-refractivity contribution is 7.80. The summed E-state index contributed by atoms with van der Waals surface area (Å²) in [5, 5.41) is 1.80. The number of hydrogen-bond donors (Lipinski definition) is 1. The van der Waals surface area contributed by atoms with Crippen LogP contribution in [0.3, 0.4) is 0 Å². The number of halogens is 3. The zero-order valence-electron chi connectivity index (χ0n) is 14.0. The highest BCUT2D eigenvalue weighted by Gasteiger charge is 2.30. The van der Waals surface area contributed by atoms with Crippen LogP contribution in [0.5, 0.6) is 0 Å². The fraction of sp³-hybridized carbons (Fsp3) is 0.316. The van der Waals surface area contributed by atoms with Crippen LogP contribution in [0.1, 0.15) is 36.1 Å². The molecule has 1 N–H and O–H groups in total. The molecule has 2 aromatic carbocycles. The van der Waals surface area contributed by atoms with Crippen molar-refractivity contribution >= 4 is 17.2 Å². The largest absolute Gasteiger partial charge is 0.309 e. The van der Waals surface area contributed by atoms with Crippen molar-refractivity contribution in [1.82, 2.24) is 10.4 Å². The summed E-state index contributed by atoms with van der Waals surface area (Å²) in [6.45, 7) is 2.10. The molecule has 2 nitrogen and oxygen atoms in total. The van der Waals surface area contributed by atoms with Crippen LogP contribution >= 0.6 is 12.2 Å². The van der Waals surface area contributed by atoms with Gasteiger partial charge < -0.3 is 5.43 Å². The number of hydrogen-bond acceptors (Lipinski definition) is 2. The Hall–Kier alpha value is -1.92. The summed E-state index contributed by atoms with van der Waals surface area (Å²) in [5.74, 6) is -1.36. The Labute approximate surface area is 150 Å². The molecule has 0 radical (unpaired) electrons. The second-order valence-electron chi connectivity index (χ2n) is 6.51. The van der Waals surface area contributed by atoms with Crippen LogP contribution in [0.2, 0.25) is 0 Å². The molecule has 0 bridgehead atoms. The first-order valence-electron chi connectivity index (χ1n) is 8.13. The Balaban J connectivity index is 1.84. The van der Waals surface area contributed by atoms with E-state index in [9.17, 15) is 13.2 Å². The van der Waals surface area contributed by atoms with E-state index < -0.39 is 11.6 Å². The van der Waals surface area contributed by atoms with E-state index >= 15 is 0 Å². The average Bonchev–Trinajstić information content (AvgIpc) is 2.53. The third-order valence-electron chi connectivity index (χ3n) is 4.65. The number of hydrazine groups is 1. The Morgan fingerprint density at radius 1 is 1.08 bits per heavy atom. The Kier molecular flexibility index (Phi) is 5.11. The molecule has 0 saturated carbocycles. The van der Waals surface area contributed by atoms with E-state index in [2.05, 4.69) is 12.3 Å². The minimum absolute atomic E-state index is 0.0872. The van der Waals surface area contributed by atoms with Crippen molar-refractivity contribution in [2.24, 2.45) is 5.92 Å². The normalized spacial score (nSPS) is 19.6. The van der Waals surface area contributed by atoms with Gasteiger partial charge in [0, 0.05) is 18.7 Å². The molecule has 0 aromatic heterocycles. The van der Waals surface area contributed by atoms with Crippen molar-refractivity contribution in [3.05, 3.63) is 70.5 Å². The van der Waals surface area contributed by atoms with E-state index in [4.69, 9.17) is 12.2 Å². The summed E-state index contributed by atoms with van der Waals surface area (Å²) in [6, 6.07) is 7.93. The lowest BCUT2D eigenvalue weighted by Gasteiger charge is -2.38. The molecule has 0 saturated heterocycles. The van der Waals surface area contributed by atoms with Gasteiger partial charge in [-0.25, -0.2) is 18.2 Å². The summed E-state index contributed by atoms with van der Waals surface area (Å²) >= 11 is 5.29. The van der Waals surface area contributed by atoms with Crippen molar-refractivity contribution in [3.8, 4) is 0 Å². The smallest absolute Gasteiger partial charge is 0.126 e. The van der Waals surface area contributed by atoms with Crippen molar-refractivity contribution < 1.29 is 13.2 Å². The van der Waals surface area contributed by atoms with Crippen LogP contribution in [-0.2, 0) is 6.42 Å². The molecule has 2 atom stereocenters. The van der Waals surface area contributed by atoms with Gasteiger partial charge in [0.05, 0.1) is 6.04 Å². The predicted molar refractivity (Wildman–Crippen MR) is 95.6 cm³/mol. The lowest BCUT2D eigenvalue weighted by molar-refractivity contribution is 0.141. The quantitative estimate of drug-likeness (QED) is 0.636. The van der Waals surface area contributed by atoms with Gasteiger partial charge >= 0.3 is 0 Å². The molecule has 1 unspecified atom stereocenters. The number of nitrogens with zero attached hydrogens (tertiary/aromatic N) is 1. The van der Waals surface area contributed by atoms with Gasteiger partial charge in [-0.15, -0.1) is 0 Å². The molecule has 25 heavy (non-hydrogen) atoms. The number of aryl methyl sites for hydroxylation is 1. The molecule has 1 aliphatic carbocycles. The monoisotopic (exact) mass is 364 g/mol. The third-order valence-corrected chi connectivity index (χ3v) is 4.98. The van der Waals surface area contributed by atoms with Gasteiger partial charge in [-0.2, -0.15) is 0 Å². The molecule has 0 fully saturated rings. The lowest BCUT2D eigenvalue weighted by Crippen LogP contribution is -2.44. The van der Waals surface area contributed by atoms with Gasteiger partial charge in [0.25, 0.3) is 0 Å². The van der Waals surface area contributed by atoms with E-state index in [1.54, 1.807) is 11.1 Å². The first-order valence-corrected chi connectivity index (χ1v) is 8.54. The summed E-state index contributed by atoms with van der Waals surface area (Å²) in [5.41, 5.74) is 5.32. The molecule has 1 aliphatic rings. The maximum absolute atomic E-state index is 13.7.